The summed E-state index contributed by atoms with van der Waals surface area (Å²) in [6, 6.07) is -1.06. The fraction of sp³-hybridized carbons (Fsp3) is 0.556. The number of alkyl halides is 4. The highest BCUT2D eigenvalue weighted by molar-refractivity contribution is 6.83. The number of hydrogen-bond acceptors (Lipinski definition) is 5. The SMILES string of the molecule is CC(=O)C(=O)O.ClC(Cl)(Cl)Cl.N[C@@H](CCC(=O)O)C(=O)O. The summed E-state index contributed by atoms with van der Waals surface area (Å²) in [5, 5.41) is 23.9. The summed E-state index contributed by atoms with van der Waals surface area (Å²) in [5.74, 6) is -4.40. The molecule has 0 saturated carbocycles. The van der Waals surface area contributed by atoms with Crippen molar-refractivity contribution in [3.63, 3.8) is 0 Å². The van der Waals surface area contributed by atoms with Crippen LogP contribution in [0.3, 0.4) is 0 Å². The summed E-state index contributed by atoms with van der Waals surface area (Å²) in [6.07, 6.45) is -0.224. The Morgan fingerprint density at radius 1 is 1.05 bits per heavy atom. The smallest absolute Gasteiger partial charge is 0.371 e. The number of ketones is 1. The van der Waals surface area contributed by atoms with Crippen LogP contribution in [0.4, 0.5) is 0 Å². The third kappa shape index (κ3) is 38.2. The van der Waals surface area contributed by atoms with E-state index in [9.17, 15) is 19.2 Å². The molecule has 5 N–H and O–H groups in total. The van der Waals surface area contributed by atoms with Gasteiger partial charge in [-0.25, -0.2) is 4.79 Å². The molecule has 0 radical (unpaired) electrons. The Hall–Kier alpha value is -0.800. The molecule has 0 aliphatic heterocycles. The van der Waals surface area contributed by atoms with E-state index >= 15 is 0 Å². The molecule has 0 aromatic heterocycles. The minimum atomic E-state index is -1.61. The first-order valence-corrected chi connectivity index (χ1v) is 6.39. The molecule has 0 saturated heterocycles. The van der Waals surface area contributed by atoms with Gasteiger partial charge < -0.3 is 21.1 Å². The van der Waals surface area contributed by atoms with Gasteiger partial charge in [0.15, 0.2) is 0 Å². The number of aliphatic carboxylic acids is 3. The summed E-state index contributed by atoms with van der Waals surface area (Å²) in [5.41, 5.74) is 5.00. The fourth-order valence-corrected chi connectivity index (χ4v) is 0.402. The first kappa shape index (κ1) is 25.2. The van der Waals surface area contributed by atoms with Crippen molar-refractivity contribution in [2.45, 2.75) is 29.1 Å². The molecule has 1 atom stereocenters. The van der Waals surface area contributed by atoms with Gasteiger partial charge in [-0.3, -0.25) is 14.4 Å². The third-order valence-corrected chi connectivity index (χ3v) is 1.29. The predicted molar refractivity (Wildman–Crippen MR) is 76.9 cm³/mol. The Morgan fingerprint density at radius 2 is 1.33 bits per heavy atom. The third-order valence-electron chi connectivity index (χ3n) is 1.29. The van der Waals surface area contributed by atoms with Crippen LogP contribution in [0.2, 0.25) is 0 Å². The van der Waals surface area contributed by atoms with Crippen LogP contribution in [0, 0.1) is 0 Å². The van der Waals surface area contributed by atoms with E-state index in [2.05, 4.69) is 0 Å². The molecule has 0 rings (SSSR count). The molecule has 0 aliphatic carbocycles. The number of carboxylic acids is 3. The number of carbonyl (C=O) groups excluding carboxylic acids is 1. The van der Waals surface area contributed by atoms with Crippen LogP contribution in [-0.4, -0.2) is 48.3 Å². The van der Waals surface area contributed by atoms with E-state index in [-0.39, 0.29) is 12.8 Å². The predicted octanol–water partition coefficient (Wildman–Crippen LogP) is 1.48. The molecule has 0 fully saturated rings. The molecule has 124 valence electrons. The second-order valence-electron chi connectivity index (χ2n) is 3.17. The van der Waals surface area contributed by atoms with Crippen molar-refractivity contribution in [1.82, 2.24) is 0 Å². The summed E-state index contributed by atoms with van der Waals surface area (Å²) >= 11 is 19.3. The number of rotatable bonds is 5. The Kier molecular flexibility index (Phi) is 15.5. The number of carbonyl (C=O) groups is 4. The van der Waals surface area contributed by atoms with Gasteiger partial charge in [-0.05, 0) is 6.42 Å². The molecule has 0 spiro atoms. The van der Waals surface area contributed by atoms with Crippen LogP contribution in [0.5, 0.6) is 0 Å². The van der Waals surface area contributed by atoms with Crippen molar-refractivity contribution < 1.29 is 34.5 Å². The van der Waals surface area contributed by atoms with Crippen LogP contribution < -0.4 is 5.73 Å². The lowest BCUT2D eigenvalue weighted by atomic mass is 10.2. The maximum Gasteiger partial charge on any atom is 0.371 e. The van der Waals surface area contributed by atoms with Gasteiger partial charge in [0.05, 0.1) is 0 Å². The van der Waals surface area contributed by atoms with E-state index in [0.29, 0.717) is 0 Å². The van der Waals surface area contributed by atoms with Gasteiger partial charge in [-0.1, -0.05) is 46.4 Å². The fourth-order valence-electron chi connectivity index (χ4n) is 0.402. The van der Waals surface area contributed by atoms with Crippen LogP contribution in [0.25, 0.3) is 0 Å². The quantitative estimate of drug-likeness (QED) is 0.407. The zero-order chi connectivity index (χ0) is 17.8. The average Bonchev–Trinajstić information content (AvgIpc) is 2.23. The van der Waals surface area contributed by atoms with Crippen molar-refractivity contribution in [3.8, 4) is 0 Å². The maximum atomic E-state index is 9.99. The van der Waals surface area contributed by atoms with Crippen molar-refractivity contribution in [1.29, 1.82) is 0 Å². The topological polar surface area (TPSA) is 155 Å². The first-order valence-electron chi connectivity index (χ1n) is 4.88. The Labute approximate surface area is 139 Å². The number of carboxylic acid groups (broad SMARTS) is 3. The van der Waals surface area contributed by atoms with E-state index in [4.69, 9.17) is 67.5 Å². The normalized spacial score (nSPS) is 11.0. The zero-order valence-electron chi connectivity index (χ0n) is 10.6. The summed E-state index contributed by atoms with van der Waals surface area (Å²) in [6.45, 7) is 1.00. The van der Waals surface area contributed by atoms with E-state index in [1.54, 1.807) is 0 Å². The van der Waals surface area contributed by atoms with Gasteiger partial charge >= 0.3 is 17.9 Å². The molecule has 0 amide bonds. The minimum absolute atomic E-state index is 0.0231. The second kappa shape index (κ2) is 12.9. The number of Topliss-reactive ketones (excluding diaryl/α,β-unsaturated/α-hetero) is 1. The van der Waals surface area contributed by atoms with Crippen molar-refractivity contribution >= 4 is 70.1 Å². The van der Waals surface area contributed by atoms with E-state index < -0.39 is 33.0 Å². The second-order valence-corrected chi connectivity index (χ2v) is 6.60. The molecular formula is C9H13Cl4NO7. The molecule has 12 heteroatoms. The molecule has 0 heterocycles. The van der Waals surface area contributed by atoms with E-state index in [1.807, 2.05) is 0 Å². The standard InChI is InChI=1S/C5H9NO4.C3H4O3.CCl4/c6-3(5(9)10)1-2-4(7)8;1-2(4)3(5)6;2-1(3,4)5/h3H,1-2,6H2,(H,7,8)(H,9,10);1H3,(H,5,6);/t3-;;/m0../s1. The molecular weight excluding hydrogens is 376 g/mol. The van der Waals surface area contributed by atoms with Crippen molar-refractivity contribution in [2.24, 2.45) is 5.73 Å². The van der Waals surface area contributed by atoms with Crippen LogP contribution >= 0.6 is 46.4 Å². The minimum Gasteiger partial charge on any atom is -0.481 e. The monoisotopic (exact) mass is 387 g/mol. The van der Waals surface area contributed by atoms with Gasteiger partial charge in [-0.15, -0.1) is 0 Å². The van der Waals surface area contributed by atoms with Crippen LogP contribution in [0.1, 0.15) is 19.8 Å². The lowest BCUT2D eigenvalue weighted by Gasteiger charge is -2.01. The van der Waals surface area contributed by atoms with Gasteiger partial charge in [0.25, 0.3) is 3.25 Å². The lowest BCUT2D eigenvalue weighted by Crippen LogP contribution is -2.30. The number of nitrogens with two attached hydrogens (primary N) is 1. The van der Waals surface area contributed by atoms with Gasteiger partial charge in [0.2, 0.25) is 5.78 Å². The number of halogens is 4. The molecule has 8 nitrogen and oxygen atoms in total. The van der Waals surface area contributed by atoms with E-state index in [1.165, 1.54) is 0 Å². The van der Waals surface area contributed by atoms with Crippen LogP contribution in [0.15, 0.2) is 0 Å². The molecule has 0 aromatic rings. The molecule has 0 bridgehead atoms. The van der Waals surface area contributed by atoms with Gasteiger partial charge in [-0.2, -0.15) is 0 Å². The Bertz CT molecular complexity index is 352. The summed E-state index contributed by atoms with van der Waals surface area (Å²) in [7, 11) is 0. The molecule has 0 aliphatic rings. The largest absolute Gasteiger partial charge is 0.481 e. The molecule has 0 unspecified atom stereocenters. The van der Waals surface area contributed by atoms with Crippen molar-refractivity contribution in [2.75, 3.05) is 0 Å². The molecule has 0 aromatic carbocycles. The average molecular weight is 389 g/mol. The summed E-state index contributed by atoms with van der Waals surface area (Å²) in [4.78, 5) is 38.8. The highest BCUT2D eigenvalue weighted by Crippen LogP contribution is 2.29. The summed E-state index contributed by atoms with van der Waals surface area (Å²) < 4.78 is -1.61. The highest BCUT2D eigenvalue weighted by atomic mass is 35.6. The zero-order valence-corrected chi connectivity index (χ0v) is 13.6. The van der Waals surface area contributed by atoms with Gasteiger partial charge in [0.1, 0.15) is 6.04 Å². The van der Waals surface area contributed by atoms with Crippen molar-refractivity contribution in [3.05, 3.63) is 0 Å². The Balaban J connectivity index is -0.000000252. The molecule has 21 heavy (non-hydrogen) atoms. The first-order chi connectivity index (χ1) is 9.18. The Morgan fingerprint density at radius 3 is 1.48 bits per heavy atom. The van der Waals surface area contributed by atoms with Gasteiger partial charge in [0, 0.05) is 13.3 Å². The van der Waals surface area contributed by atoms with Crippen LogP contribution in [-0.2, 0) is 19.2 Å². The maximum absolute atomic E-state index is 9.99. The van der Waals surface area contributed by atoms with E-state index in [0.717, 1.165) is 6.92 Å². The highest BCUT2D eigenvalue weighted by Gasteiger charge is 2.12. The number of hydrogen-bond donors (Lipinski definition) is 4. The lowest BCUT2D eigenvalue weighted by molar-refractivity contribution is -0.148.